The van der Waals surface area contributed by atoms with Gasteiger partial charge in [-0.2, -0.15) is 18.4 Å². The lowest BCUT2D eigenvalue weighted by atomic mass is 9.94. The number of alkyl halides is 3. The maximum atomic E-state index is 13.9. The van der Waals surface area contributed by atoms with E-state index in [1.807, 2.05) is 6.07 Å². The van der Waals surface area contributed by atoms with Crippen LogP contribution in [0.3, 0.4) is 0 Å². The lowest BCUT2D eigenvalue weighted by Gasteiger charge is -2.29. The Morgan fingerprint density at radius 3 is 2.24 bits per heavy atom. The molecule has 2 atom stereocenters. The fraction of sp³-hybridized carbons (Fsp3) is 0.423. The van der Waals surface area contributed by atoms with Crippen LogP contribution in [0.1, 0.15) is 43.2 Å². The molecule has 200 valence electrons. The Bertz CT molecular complexity index is 1450. The molecule has 5 rings (SSSR count). The van der Waals surface area contributed by atoms with Gasteiger partial charge >= 0.3 is 6.18 Å². The van der Waals surface area contributed by atoms with Crippen LogP contribution < -0.4 is 5.32 Å². The average Bonchev–Trinajstić information content (AvgIpc) is 3.80. The quantitative estimate of drug-likeness (QED) is 0.569. The zero-order valence-corrected chi connectivity index (χ0v) is 21.5. The van der Waals surface area contributed by atoms with Crippen molar-refractivity contribution < 1.29 is 31.2 Å². The van der Waals surface area contributed by atoms with E-state index < -0.39 is 67.1 Å². The van der Waals surface area contributed by atoms with E-state index in [1.54, 1.807) is 24.3 Å². The molecule has 2 aromatic rings. The molecule has 1 aliphatic heterocycles. The van der Waals surface area contributed by atoms with Crippen molar-refractivity contribution in [3.8, 4) is 6.07 Å². The van der Waals surface area contributed by atoms with Gasteiger partial charge in [-0.3, -0.25) is 9.59 Å². The minimum Gasteiger partial charge on any atom is -0.336 e. The van der Waals surface area contributed by atoms with Crippen LogP contribution in [0.25, 0.3) is 0 Å². The summed E-state index contributed by atoms with van der Waals surface area (Å²) in [6.07, 6.45) is -3.52. The Morgan fingerprint density at radius 2 is 1.68 bits per heavy atom. The summed E-state index contributed by atoms with van der Waals surface area (Å²) in [7, 11) is -4.59. The third-order valence-electron chi connectivity index (χ3n) is 7.65. The van der Waals surface area contributed by atoms with Gasteiger partial charge in [-0.15, -0.1) is 0 Å². The number of nitrogens with one attached hydrogen (secondary N) is 1. The summed E-state index contributed by atoms with van der Waals surface area (Å²) >= 11 is 5.99. The number of carbonyl (C=O) groups is 2. The van der Waals surface area contributed by atoms with Crippen molar-refractivity contribution in [3.05, 3.63) is 64.7 Å². The average molecular weight is 566 g/mol. The minimum atomic E-state index is -4.91. The first-order valence-corrected chi connectivity index (χ1v) is 14.0. The van der Waals surface area contributed by atoms with Crippen LogP contribution >= 0.6 is 11.6 Å². The molecule has 2 aliphatic carbocycles. The summed E-state index contributed by atoms with van der Waals surface area (Å²) < 4.78 is 68.0. The summed E-state index contributed by atoms with van der Waals surface area (Å²) in [5.41, 5.74) is -2.68. The number of carbonyl (C=O) groups excluding carboxylic acids is 2. The van der Waals surface area contributed by atoms with Crippen LogP contribution in [0.15, 0.2) is 53.4 Å². The maximum Gasteiger partial charge on any atom is 0.417 e. The molecule has 7 nitrogen and oxygen atoms in total. The lowest BCUT2D eigenvalue weighted by molar-refractivity contribution is -0.140. The molecule has 3 fully saturated rings. The molecular weight excluding hydrogens is 543 g/mol. The van der Waals surface area contributed by atoms with Gasteiger partial charge in [0.15, 0.2) is 9.84 Å². The van der Waals surface area contributed by atoms with Crippen molar-refractivity contribution in [1.82, 2.24) is 10.2 Å². The highest BCUT2D eigenvalue weighted by Gasteiger charge is 2.58. The third-order valence-corrected chi connectivity index (χ3v) is 10.1. The van der Waals surface area contributed by atoms with Gasteiger partial charge in [-0.25, -0.2) is 8.42 Å². The van der Waals surface area contributed by atoms with E-state index in [1.165, 1.54) is 11.0 Å². The Kier molecular flexibility index (Phi) is 6.27. The molecule has 0 spiro atoms. The van der Waals surface area contributed by atoms with Crippen LogP contribution in [0.5, 0.6) is 0 Å². The number of sulfone groups is 1. The van der Waals surface area contributed by atoms with E-state index in [0.29, 0.717) is 42.3 Å². The highest BCUT2D eigenvalue weighted by atomic mass is 35.5. The summed E-state index contributed by atoms with van der Waals surface area (Å²) in [4.78, 5) is 27.5. The number of halogens is 4. The largest absolute Gasteiger partial charge is 0.417 e. The molecule has 0 unspecified atom stereocenters. The van der Waals surface area contributed by atoms with Crippen molar-refractivity contribution in [1.29, 1.82) is 5.26 Å². The Labute approximate surface area is 222 Å². The highest BCUT2D eigenvalue weighted by Crippen LogP contribution is 2.51. The normalized spacial score (nSPS) is 23.4. The van der Waals surface area contributed by atoms with Crippen LogP contribution in [0.4, 0.5) is 13.2 Å². The van der Waals surface area contributed by atoms with Gasteiger partial charge in [0.05, 0.1) is 27.2 Å². The smallest absolute Gasteiger partial charge is 0.336 e. The molecule has 2 amide bonds. The first-order valence-electron chi connectivity index (χ1n) is 12.0. The number of hydrogen-bond acceptors (Lipinski definition) is 5. The number of nitrogens with zero attached hydrogens (tertiary/aromatic N) is 2. The lowest BCUT2D eigenvalue weighted by Crippen LogP contribution is -2.51. The Balaban J connectivity index is 1.50. The predicted molar refractivity (Wildman–Crippen MR) is 131 cm³/mol. The SMILES string of the molecule is N#CC1(NC(=O)[C@@H]2C[C@@H](S(=O)(=O)c3ccccc3C(F)(F)F)CN2C(=O)C2(c3ccc(Cl)cc3)CC2)CC1. The minimum absolute atomic E-state index is 0.385. The molecule has 0 bridgehead atoms. The van der Waals surface area contributed by atoms with Crippen LogP contribution in [-0.2, 0) is 31.0 Å². The van der Waals surface area contributed by atoms with E-state index in [-0.39, 0.29) is 6.42 Å². The first kappa shape index (κ1) is 26.5. The van der Waals surface area contributed by atoms with Crippen molar-refractivity contribution in [3.63, 3.8) is 0 Å². The molecule has 38 heavy (non-hydrogen) atoms. The van der Waals surface area contributed by atoms with Gasteiger partial charge in [0.25, 0.3) is 0 Å². The summed E-state index contributed by atoms with van der Waals surface area (Å²) in [6, 6.07) is 11.3. The van der Waals surface area contributed by atoms with Crippen molar-refractivity contribution in [2.75, 3.05) is 6.54 Å². The Morgan fingerprint density at radius 1 is 1.05 bits per heavy atom. The van der Waals surface area contributed by atoms with Crippen LogP contribution in [-0.4, -0.2) is 48.5 Å². The van der Waals surface area contributed by atoms with E-state index in [0.717, 1.165) is 12.1 Å². The van der Waals surface area contributed by atoms with E-state index >= 15 is 0 Å². The molecule has 0 aromatic heterocycles. The van der Waals surface area contributed by atoms with Crippen LogP contribution in [0, 0.1) is 11.3 Å². The van der Waals surface area contributed by atoms with Crippen LogP contribution in [0.2, 0.25) is 5.02 Å². The molecule has 3 aliphatic rings. The highest BCUT2D eigenvalue weighted by molar-refractivity contribution is 7.92. The van der Waals surface area contributed by atoms with E-state index in [9.17, 15) is 36.4 Å². The predicted octanol–water partition coefficient (Wildman–Crippen LogP) is 4.01. The maximum absolute atomic E-state index is 13.9. The van der Waals surface area contributed by atoms with Crippen molar-refractivity contribution in [2.45, 2.75) is 65.4 Å². The third kappa shape index (κ3) is 4.54. The number of rotatable bonds is 6. The topological polar surface area (TPSA) is 107 Å². The molecule has 1 saturated heterocycles. The second-order valence-electron chi connectivity index (χ2n) is 10.1. The van der Waals surface area contributed by atoms with Gasteiger partial charge in [-0.05, 0) is 61.9 Å². The summed E-state index contributed by atoms with van der Waals surface area (Å²) in [5.74, 6) is -1.16. The fourth-order valence-electron chi connectivity index (χ4n) is 5.13. The number of likely N-dealkylation sites (tertiary alicyclic amines) is 1. The molecule has 1 N–H and O–H groups in total. The van der Waals surface area contributed by atoms with Crippen molar-refractivity contribution in [2.24, 2.45) is 0 Å². The van der Waals surface area contributed by atoms with Gasteiger partial charge in [0, 0.05) is 11.6 Å². The van der Waals surface area contributed by atoms with E-state index in [4.69, 9.17) is 11.6 Å². The molecule has 0 radical (unpaired) electrons. The fourth-order valence-corrected chi connectivity index (χ4v) is 7.16. The van der Waals surface area contributed by atoms with Crippen molar-refractivity contribution >= 4 is 33.3 Å². The van der Waals surface area contributed by atoms with Gasteiger partial charge in [0.2, 0.25) is 11.8 Å². The Hall–Kier alpha value is -3.10. The molecule has 2 aromatic carbocycles. The summed E-state index contributed by atoms with van der Waals surface area (Å²) in [5, 5.41) is 11.1. The number of benzene rings is 2. The number of nitriles is 1. The second-order valence-corrected chi connectivity index (χ2v) is 12.8. The number of amides is 2. The molecule has 1 heterocycles. The van der Waals surface area contributed by atoms with Gasteiger partial charge in [-0.1, -0.05) is 35.9 Å². The molecule has 12 heteroatoms. The second kappa shape index (κ2) is 8.99. The molecular formula is C26H23ClF3N3O4S. The van der Waals surface area contributed by atoms with E-state index in [2.05, 4.69) is 5.32 Å². The first-order chi connectivity index (χ1) is 17.8. The van der Waals surface area contributed by atoms with Gasteiger partial charge < -0.3 is 10.2 Å². The molecule has 2 saturated carbocycles. The standard InChI is InChI=1S/C26H23ClF3N3O4S/c27-17-7-5-16(6-8-17)25(11-12-25)23(35)33-14-18(13-20(33)22(34)32-24(15-31)9-10-24)38(36,37)21-4-2-1-3-19(21)26(28,29)30/h1-8,18,20H,9-14H2,(H,32,34)/t18-,20+/m1/s1. The zero-order chi connectivity index (χ0) is 27.5. The number of hydrogen-bond donors (Lipinski definition) is 1. The summed E-state index contributed by atoms with van der Waals surface area (Å²) in [6.45, 7) is -0.444. The monoisotopic (exact) mass is 565 g/mol. The zero-order valence-electron chi connectivity index (χ0n) is 20.0. The van der Waals surface area contributed by atoms with Gasteiger partial charge in [0.1, 0.15) is 11.6 Å².